The molecule has 0 aromatic carbocycles. The topological polar surface area (TPSA) is 88.8 Å². The van der Waals surface area contributed by atoms with Crippen LogP contribution in [-0.4, -0.2) is 72.5 Å². The van der Waals surface area contributed by atoms with Gasteiger partial charge in [-0.2, -0.15) is 0 Å². The highest BCUT2D eigenvalue weighted by atomic mass is 16.5. The van der Waals surface area contributed by atoms with Gasteiger partial charge in [-0.15, -0.1) is 0 Å². The Morgan fingerprint density at radius 2 is 2.17 bits per heavy atom. The van der Waals surface area contributed by atoms with E-state index in [1.54, 1.807) is 9.80 Å². The van der Waals surface area contributed by atoms with Gasteiger partial charge in [0.1, 0.15) is 0 Å². The van der Waals surface area contributed by atoms with Gasteiger partial charge in [-0.1, -0.05) is 0 Å². The molecule has 2 amide bonds. The Labute approximate surface area is 136 Å². The summed E-state index contributed by atoms with van der Waals surface area (Å²) in [4.78, 5) is 31.6. The van der Waals surface area contributed by atoms with Gasteiger partial charge in [0.2, 0.25) is 5.91 Å². The molecule has 0 saturated carbocycles. The van der Waals surface area contributed by atoms with E-state index in [0.717, 1.165) is 11.4 Å². The Hall–Kier alpha value is -1.99. The molecule has 1 aromatic heterocycles. The second-order valence-electron chi connectivity index (χ2n) is 5.99. The molecule has 2 N–H and O–H groups in total. The first-order valence-corrected chi connectivity index (χ1v) is 7.68. The number of primary amides is 1. The molecule has 1 saturated heterocycles. The van der Waals surface area contributed by atoms with Crippen LogP contribution in [0.4, 0.5) is 0 Å². The second kappa shape index (κ2) is 7.52. The molecule has 126 valence electrons. The number of hydrogen-bond acceptors (Lipinski definition) is 5. The van der Waals surface area contributed by atoms with Crippen molar-refractivity contribution >= 4 is 11.8 Å². The number of carbonyl (C=O) groups excluding carboxylic acids is 2. The minimum absolute atomic E-state index is 0.0270. The van der Waals surface area contributed by atoms with Gasteiger partial charge in [0.15, 0.2) is 0 Å². The van der Waals surface area contributed by atoms with Crippen molar-refractivity contribution in [2.45, 2.75) is 20.0 Å². The first kappa shape index (κ1) is 17.4. The summed E-state index contributed by atoms with van der Waals surface area (Å²) in [7, 11) is 1.81. The third-order valence-corrected chi connectivity index (χ3v) is 3.82. The number of aromatic nitrogens is 1. The van der Waals surface area contributed by atoms with Gasteiger partial charge in [0, 0.05) is 25.3 Å². The molecule has 2 rings (SSSR count). The van der Waals surface area contributed by atoms with Crippen molar-refractivity contribution in [2.75, 3.05) is 39.8 Å². The average Bonchev–Trinajstić information content (AvgIpc) is 2.46. The summed E-state index contributed by atoms with van der Waals surface area (Å²) >= 11 is 0. The molecule has 23 heavy (non-hydrogen) atoms. The molecule has 0 radical (unpaired) electrons. The van der Waals surface area contributed by atoms with Crippen molar-refractivity contribution < 1.29 is 14.3 Å². The van der Waals surface area contributed by atoms with E-state index in [-0.39, 0.29) is 24.5 Å². The molecule has 0 spiro atoms. The molecule has 1 atom stereocenters. The smallest absolute Gasteiger partial charge is 0.255 e. The fourth-order valence-corrected chi connectivity index (χ4v) is 2.78. The molecule has 7 heteroatoms. The number of amides is 2. The summed E-state index contributed by atoms with van der Waals surface area (Å²) < 4.78 is 5.69. The average molecular weight is 320 g/mol. The number of likely N-dealkylation sites (N-methyl/N-ethyl adjacent to an activating group) is 1. The van der Waals surface area contributed by atoms with Crippen LogP contribution in [0.3, 0.4) is 0 Å². The minimum Gasteiger partial charge on any atom is -0.373 e. The normalized spacial score (nSPS) is 18.3. The van der Waals surface area contributed by atoms with E-state index in [1.807, 2.05) is 33.0 Å². The van der Waals surface area contributed by atoms with Crippen molar-refractivity contribution in [2.24, 2.45) is 5.73 Å². The molecular weight excluding hydrogens is 296 g/mol. The van der Waals surface area contributed by atoms with Gasteiger partial charge in [-0.05, 0) is 33.0 Å². The molecule has 7 nitrogen and oxygen atoms in total. The van der Waals surface area contributed by atoms with Crippen molar-refractivity contribution in [3.8, 4) is 0 Å². The predicted octanol–water partition coefficient (Wildman–Crippen LogP) is -0.0435. The number of nitrogens with zero attached hydrogens (tertiary/aromatic N) is 3. The quantitative estimate of drug-likeness (QED) is 0.822. The predicted molar refractivity (Wildman–Crippen MR) is 86.0 cm³/mol. The van der Waals surface area contributed by atoms with Crippen molar-refractivity contribution in [3.05, 3.63) is 29.1 Å². The van der Waals surface area contributed by atoms with Crippen LogP contribution < -0.4 is 5.73 Å². The van der Waals surface area contributed by atoms with E-state index in [0.29, 0.717) is 31.8 Å². The monoisotopic (exact) mass is 320 g/mol. The Bertz CT molecular complexity index is 591. The Kier molecular flexibility index (Phi) is 5.68. The lowest BCUT2D eigenvalue weighted by molar-refractivity contribution is -0.119. The second-order valence-corrected chi connectivity index (χ2v) is 5.99. The van der Waals surface area contributed by atoms with E-state index in [9.17, 15) is 9.59 Å². The van der Waals surface area contributed by atoms with Crippen LogP contribution in [0.15, 0.2) is 12.1 Å². The molecular formula is C16H24N4O3. The third-order valence-electron chi connectivity index (χ3n) is 3.82. The fraction of sp³-hybridized carbons (Fsp3) is 0.562. The van der Waals surface area contributed by atoms with Gasteiger partial charge in [-0.25, -0.2) is 0 Å². The highest BCUT2D eigenvalue weighted by molar-refractivity contribution is 5.95. The van der Waals surface area contributed by atoms with E-state index in [1.165, 1.54) is 0 Å². The standard InChI is InChI=1S/C16H24N4O3/c1-11-4-5-14(12(2)18-11)16(22)20-6-7-23-13(9-20)8-19(3)10-15(17)21/h4-5,13H,6-10H2,1-3H3,(H2,17,21)/t13-/m0/s1. The summed E-state index contributed by atoms with van der Waals surface area (Å²) in [6, 6.07) is 3.67. The third kappa shape index (κ3) is 4.74. The lowest BCUT2D eigenvalue weighted by atomic mass is 10.1. The maximum absolute atomic E-state index is 12.7. The van der Waals surface area contributed by atoms with Crippen LogP contribution in [0.2, 0.25) is 0 Å². The molecule has 1 fully saturated rings. The van der Waals surface area contributed by atoms with E-state index in [4.69, 9.17) is 10.5 Å². The van der Waals surface area contributed by atoms with E-state index >= 15 is 0 Å². The number of carbonyl (C=O) groups is 2. The highest BCUT2D eigenvalue weighted by Gasteiger charge is 2.27. The first-order chi connectivity index (χ1) is 10.9. The Morgan fingerprint density at radius 1 is 1.43 bits per heavy atom. The number of rotatable bonds is 5. The summed E-state index contributed by atoms with van der Waals surface area (Å²) in [5, 5.41) is 0. The molecule has 1 aliphatic heterocycles. The molecule has 1 aromatic rings. The van der Waals surface area contributed by atoms with E-state index in [2.05, 4.69) is 4.98 Å². The molecule has 0 bridgehead atoms. The number of hydrogen-bond donors (Lipinski definition) is 1. The molecule has 0 unspecified atom stereocenters. The van der Waals surface area contributed by atoms with Crippen LogP contribution in [0.25, 0.3) is 0 Å². The van der Waals surface area contributed by atoms with Gasteiger partial charge >= 0.3 is 0 Å². The lowest BCUT2D eigenvalue weighted by Gasteiger charge is -2.34. The summed E-state index contributed by atoms with van der Waals surface area (Å²) in [5.41, 5.74) is 7.45. The highest BCUT2D eigenvalue weighted by Crippen LogP contribution is 2.14. The first-order valence-electron chi connectivity index (χ1n) is 7.68. The maximum atomic E-state index is 12.7. The van der Waals surface area contributed by atoms with Gasteiger partial charge in [0.25, 0.3) is 5.91 Å². The van der Waals surface area contributed by atoms with Gasteiger partial charge in [0.05, 0.1) is 30.5 Å². The zero-order chi connectivity index (χ0) is 17.0. The zero-order valence-electron chi connectivity index (χ0n) is 13.9. The van der Waals surface area contributed by atoms with Crippen LogP contribution in [0, 0.1) is 13.8 Å². The molecule has 1 aliphatic rings. The summed E-state index contributed by atoms with van der Waals surface area (Å²) in [6.45, 7) is 6.02. The summed E-state index contributed by atoms with van der Waals surface area (Å²) in [5.74, 6) is -0.404. The lowest BCUT2D eigenvalue weighted by Crippen LogP contribution is -2.50. The number of morpholine rings is 1. The Morgan fingerprint density at radius 3 is 2.83 bits per heavy atom. The molecule has 0 aliphatic carbocycles. The fourth-order valence-electron chi connectivity index (χ4n) is 2.78. The minimum atomic E-state index is -0.377. The summed E-state index contributed by atoms with van der Waals surface area (Å²) in [6.07, 6.45) is -0.129. The zero-order valence-corrected chi connectivity index (χ0v) is 13.9. The van der Waals surface area contributed by atoms with Crippen LogP contribution >= 0.6 is 0 Å². The van der Waals surface area contributed by atoms with Crippen molar-refractivity contribution in [3.63, 3.8) is 0 Å². The van der Waals surface area contributed by atoms with E-state index < -0.39 is 0 Å². The number of nitrogens with two attached hydrogens (primary N) is 1. The molecule has 2 heterocycles. The largest absolute Gasteiger partial charge is 0.373 e. The van der Waals surface area contributed by atoms with Gasteiger partial charge in [-0.3, -0.25) is 19.5 Å². The maximum Gasteiger partial charge on any atom is 0.255 e. The number of ether oxygens (including phenoxy) is 1. The Balaban J connectivity index is 2.00. The van der Waals surface area contributed by atoms with Crippen LogP contribution in [-0.2, 0) is 9.53 Å². The number of pyridine rings is 1. The van der Waals surface area contributed by atoms with Crippen LogP contribution in [0.1, 0.15) is 21.7 Å². The number of aryl methyl sites for hydroxylation is 2. The van der Waals surface area contributed by atoms with Crippen LogP contribution in [0.5, 0.6) is 0 Å². The SMILES string of the molecule is Cc1ccc(C(=O)N2CCO[C@@H](CN(C)CC(N)=O)C2)c(C)n1. The van der Waals surface area contributed by atoms with Gasteiger partial charge < -0.3 is 15.4 Å². The van der Waals surface area contributed by atoms with Crippen molar-refractivity contribution in [1.82, 2.24) is 14.8 Å². The van der Waals surface area contributed by atoms with Crippen molar-refractivity contribution in [1.29, 1.82) is 0 Å².